The molecule has 4 nitrogen and oxygen atoms in total. The Kier molecular flexibility index (Phi) is 11.0. The Morgan fingerprint density at radius 3 is 2.00 bits per heavy atom. The molecular weight excluding hydrogens is 336 g/mol. The second-order valence-corrected chi connectivity index (χ2v) is 8.23. The van der Waals surface area contributed by atoms with Crippen LogP contribution in [0.4, 0.5) is 0 Å². The van der Waals surface area contributed by atoms with Crippen molar-refractivity contribution in [3.63, 3.8) is 0 Å². The number of hydrogen-bond donors (Lipinski definition) is 1. The first kappa shape index (κ1) is 22.1. The van der Waals surface area contributed by atoms with Gasteiger partial charge in [0.1, 0.15) is 0 Å². The van der Waals surface area contributed by atoms with Gasteiger partial charge < -0.3 is 5.11 Å². The molecule has 0 aromatic heterocycles. The first-order chi connectivity index (χ1) is 12.0. The molecule has 0 fully saturated rings. The molecule has 0 spiro atoms. The van der Waals surface area contributed by atoms with Gasteiger partial charge in [-0.25, -0.2) is 4.18 Å². The fourth-order valence-corrected chi connectivity index (χ4v) is 4.20. The zero-order chi connectivity index (χ0) is 18.5. The SMILES string of the molecule is CCCCCCCCCCCCc1ccccc1S(=O)(=O)OC(C)O. The highest BCUT2D eigenvalue weighted by molar-refractivity contribution is 7.86. The van der Waals surface area contributed by atoms with Crippen LogP contribution in [0.1, 0.15) is 83.6 Å². The van der Waals surface area contributed by atoms with E-state index in [0.717, 1.165) is 24.8 Å². The highest BCUT2D eigenvalue weighted by Crippen LogP contribution is 2.21. The number of aliphatic hydroxyl groups is 1. The predicted octanol–water partition coefficient (Wildman–Crippen LogP) is 5.19. The number of unbranched alkanes of at least 4 members (excludes halogenated alkanes) is 9. The summed E-state index contributed by atoms with van der Waals surface area (Å²) in [5.41, 5.74) is 0.766. The molecule has 0 radical (unpaired) electrons. The zero-order valence-electron chi connectivity index (χ0n) is 15.7. The number of aliphatic hydroxyl groups excluding tert-OH is 1. The molecule has 1 rings (SSSR count). The van der Waals surface area contributed by atoms with E-state index in [9.17, 15) is 13.5 Å². The summed E-state index contributed by atoms with van der Waals surface area (Å²) in [6, 6.07) is 6.89. The molecule has 0 saturated heterocycles. The molecule has 1 unspecified atom stereocenters. The predicted molar refractivity (Wildman–Crippen MR) is 102 cm³/mol. The van der Waals surface area contributed by atoms with E-state index in [1.807, 2.05) is 12.1 Å². The lowest BCUT2D eigenvalue weighted by Crippen LogP contribution is -2.16. The van der Waals surface area contributed by atoms with Crippen LogP contribution >= 0.6 is 0 Å². The van der Waals surface area contributed by atoms with E-state index >= 15 is 0 Å². The zero-order valence-corrected chi connectivity index (χ0v) is 16.6. The Balaban J connectivity index is 2.32. The van der Waals surface area contributed by atoms with Crippen LogP contribution in [0.5, 0.6) is 0 Å². The largest absolute Gasteiger partial charge is 0.367 e. The van der Waals surface area contributed by atoms with E-state index in [0.29, 0.717) is 0 Å². The van der Waals surface area contributed by atoms with Crippen LogP contribution in [0.3, 0.4) is 0 Å². The Morgan fingerprint density at radius 2 is 1.44 bits per heavy atom. The summed E-state index contributed by atoms with van der Waals surface area (Å²) < 4.78 is 29.0. The Bertz CT molecular complexity index is 567. The van der Waals surface area contributed by atoms with Crippen LogP contribution in [-0.4, -0.2) is 19.8 Å². The molecule has 0 aliphatic heterocycles. The Morgan fingerprint density at radius 1 is 0.920 bits per heavy atom. The minimum absolute atomic E-state index is 0.173. The van der Waals surface area contributed by atoms with Gasteiger partial charge in [0.05, 0.1) is 4.90 Å². The van der Waals surface area contributed by atoms with E-state index in [4.69, 9.17) is 4.18 Å². The molecule has 1 aromatic carbocycles. The maximum Gasteiger partial charge on any atom is 0.299 e. The first-order valence-electron chi connectivity index (χ1n) is 9.66. The van der Waals surface area contributed by atoms with E-state index in [2.05, 4.69) is 6.92 Å². The van der Waals surface area contributed by atoms with Crippen molar-refractivity contribution >= 4 is 10.1 Å². The molecule has 0 aliphatic rings. The summed E-state index contributed by atoms with van der Waals surface area (Å²) in [5.74, 6) is 0. The Hall–Kier alpha value is -0.910. The van der Waals surface area contributed by atoms with Gasteiger partial charge in [0.25, 0.3) is 10.1 Å². The van der Waals surface area contributed by atoms with Crippen molar-refractivity contribution in [3.8, 4) is 0 Å². The van der Waals surface area contributed by atoms with Crippen LogP contribution < -0.4 is 0 Å². The molecule has 144 valence electrons. The smallest absolute Gasteiger partial charge is 0.299 e. The van der Waals surface area contributed by atoms with Gasteiger partial charge in [-0.05, 0) is 31.4 Å². The average Bonchev–Trinajstić information content (AvgIpc) is 2.56. The van der Waals surface area contributed by atoms with Crippen molar-refractivity contribution < 1.29 is 17.7 Å². The van der Waals surface area contributed by atoms with Crippen LogP contribution in [0.25, 0.3) is 0 Å². The lowest BCUT2D eigenvalue weighted by Gasteiger charge is -2.12. The van der Waals surface area contributed by atoms with Gasteiger partial charge in [0, 0.05) is 0 Å². The maximum absolute atomic E-state index is 12.2. The summed E-state index contributed by atoms with van der Waals surface area (Å²) in [6.07, 6.45) is 11.9. The van der Waals surface area contributed by atoms with Gasteiger partial charge in [-0.2, -0.15) is 8.42 Å². The standard InChI is InChI=1S/C20H34O4S/c1-3-4-5-6-7-8-9-10-11-12-15-19-16-13-14-17-20(19)25(22,23)24-18(2)21/h13-14,16-18,21H,3-12,15H2,1-2H3. The minimum Gasteiger partial charge on any atom is -0.367 e. The third-order valence-electron chi connectivity index (χ3n) is 4.31. The van der Waals surface area contributed by atoms with Crippen LogP contribution in [0, 0.1) is 0 Å². The van der Waals surface area contributed by atoms with Gasteiger partial charge in [-0.1, -0.05) is 82.9 Å². The van der Waals surface area contributed by atoms with E-state index in [-0.39, 0.29) is 4.90 Å². The average molecular weight is 371 g/mol. The van der Waals surface area contributed by atoms with Crippen LogP contribution in [0.2, 0.25) is 0 Å². The third-order valence-corrected chi connectivity index (χ3v) is 5.78. The van der Waals surface area contributed by atoms with Crippen molar-refractivity contribution in [2.24, 2.45) is 0 Å². The normalized spacial score (nSPS) is 13.1. The van der Waals surface area contributed by atoms with Gasteiger partial charge >= 0.3 is 0 Å². The summed E-state index contributed by atoms with van der Waals surface area (Å²) in [5, 5.41) is 9.20. The number of benzene rings is 1. The van der Waals surface area contributed by atoms with Crippen LogP contribution in [-0.2, 0) is 20.7 Å². The second-order valence-electron chi connectivity index (χ2n) is 6.69. The number of aryl methyl sites for hydroxylation is 1. The van der Waals surface area contributed by atoms with E-state index in [1.165, 1.54) is 58.3 Å². The summed E-state index contributed by atoms with van der Waals surface area (Å²) in [7, 11) is -3.90. The molecule has 0 saturated carbocycles. The lowest BCUT2D eigenvalue weighted by molar-refractivity contribution is 0.00536. The molecule has 0 bridgehead atoms. The Labute approximate surface area is 153 Å². The molecule has 1 aromatic rings. The molecule has 1 atom stereocenters. The highest BCUT2D eigenvalue weighted by Gasteiger charge is 2.20. The topological polar surface area (TPSA) is 63.6 Å². The molecule has 0 amide bonds. The highest BCUT2D eigenvalue weighted by atomic mass is 32.2. The molecular formula is C20H34O4S. The summed E-state index contributed by atoms with van der Waals surface area (Å²) in [6.45, 7) is 3.53. The van der Waals surface area contributed by atoms with Crippen molar-refractivity contribution in [1.82, 2.24) is 0 Å². The molecule has 1 N–H and O–H groups in total. The lowest BCUT2D eigenvalue weighted by atomic mass is 10.0. The monoisotopic (exact) mass is 370 g/mol. The summed E-state index contributed by atoms with van der Waals surface area (Å²) in [4.78, 5) is 0.173. The van der Waals surface area contributed by atoms with Crippen molar-refractivity contribution in [1.29, 1.82) is 0 Å². The molecule has 0 aliphatic carbocycles. The minimum atomic E-state index is -3.90. The second kappa shape index (κ2) is 12.4. The molecule has 25 heavy (non-hydrogen) atoms. The maximum atomic E-state index is 12.2. The summed E-state index contributed by atoms with van der Waals surface area (Å²) >= 11 is 0. The van der Waals surface area contributed by atoms with Crippen molar-refractivity contribution in [3.05, 3.63) is 29.8 Å². The quantitative estimate of drug-likeness (QED) is 0.278. The van der Waals surface area contributed by atoms with Crippen LogP contribution in [0.15, 0.2) is 29.2 Å². The fourth-order valence-electron chi connectivity index (χ4n) is 2.99. The number of rotatable bonds is 14. The van der Waals surface area contributed by atoms with Gasteiger partial charge in [0.2, 0.25) is 0 Å². The van der Waals surface area contributed by atoms with Gasteiger partial charge in [-0.15, -0.1) is 0 Å². The first-order valence-corrected chi connectivity index (χ1v) is 11.1. The van der Waals surface area contributed by atoms with Gasteiger partial charge in [0.15, 0.2) is 6.29 Å². The van der Waals surface area contributed by atoms with Gasteiger partial charge in [-0.3, -0.25) is 0 Å². The third kappa shape index (κ3) is 9.38. The van der Waals surface area contributed by atoms with Crippen molar-refractivity contribution in [2.75, 3.05) is 0 Å². The fraction of sp³-hybridized carbons (Fsp3) is 0.700. The molecule has 5 heteroatoms. The number of hydrogen-bond acceptors (Lipinski definition) is 4. The van der Waals surface area contributed by atoms with E-state index < -0.39 is 16.4 Å². The van der Waals surface area contributed by atoms with Crippen molar-refractivity contribution in [2.45, 2.75) is 95.7 Å². The van der Waals surface area contributed by atoms with E-state index in [1.54, 1.807) is 12.1 Å². The molecule has 0 heterocycles.